The number of ketones is 1. The van der Waals surface area contributed by atoms with Crippen LogP contribution in [0.2, 0.25) is 0 Å². The maximum Gasteiger partial charge on any atom is 0.163 e. The number of nitrogens with zero attached hydrogens (tertiary/aromatic N) is 1. The molecule has 1 heterocycles. The molecule has 20 heavy (non-hydrogen) atoms. The number of benzene rings is 2. The van der Waals surface area contributed by atoms with Crippen molar-refractivity contribution in [1.82, 2.24) is 4.98 Å². The fourth-order valence-corrected chi connectivity index (χ4v) is 2.29. The molecule has 0 fully saturated rings. The van der Waals surface area contributed by atoms with Crippen molar-refractivity contribution in [2.24, 2.45) is 0 Å². The monoisotopic (exact) mass is 261 g/mol. The second kappa shape index (κ2) is 5.66. The molecule has 0 radical (unpaired) electrons. The molecule has 0 saturated heterocycles. The van der Waals surface area contributed by atoms with Crippen LogP contribution in [0.15, 0.2) is 66.9 Å². The Bertz CT molecular complexity index is 735. The molecule has 0 N–H and O–H groups in total. The van der Waals surface area contributed by atoms with Gasteiger partial charge >= 0.3 is 0 Å². The van der Waals surface area contributed by atoms with Crippen LogP contribution in [0.3, 0.4) is 0 Å². The predicted molar refractivity (Wildman–Crippen MR) is 80.8 cm³/mol. The van der Waals surface area contributed by atoms with Crippen molar-refractivity contribution in [3.05, 3.63) is 78.0 Å². The van der Waals surface area contributed by atoms with E-state index in [0.29, 0.717) is 6.42 Å². The van der Waals surface area contributed by atoms with Gasteiger partial charge in [0.1, 0.15) is 0 Å². The van der Waals surface area contributed by atoms with Crippen molar-refractivity contribution < 1.29 is 4.79 Å². The third kappa shape index (κ3) is 2.75. The minimum absolute atomic E-state index is 0.168. The Morgan fingerprint density at radius 1 is 0.950 bits per heavy atom. The van der Waals surface area contributed by atoms with Crippen molar-refractivity contribution in [3.63, 3.8) is 0 Å². The van der Waals surface area contributed by atoms with Crippen LogP contribution >= 0.6 is 0 Å². The standard InChI is InChI=1S/C18H15NO/c20-18(11-8-14-5-2-1-3-6-14)16-10-9-15-7-4-12-19-17(15)13-16/h1-7,9-10,12-13H,8,11H2. The Kier molecular flexibility index (Phi) is 3.55. The van der Waals surface area contributed by atoms with Gasteiger partial charge in [-0.2, -0.15) is 0 Å². The number of carbonyl (C=O) groups excluding carboxylic acids is 1. The lowest BCUT2D eigenvalue weighted by molar-refractivity contribution is 0.0983. The fourth-order valence-electron chi connectivity index (χ4n) is 2.29. The van der Waals surface area contributed by atoms with Gasteiger partial charge in [-0.3, -0.25) is 9.78 Å². The van der Waals surface area contributed by atoms with E-state index in [9.17, 15) is 4.79 Å². The lowest BCUT2D eigenvalue weighted by atomic mass is 10.0. The number of carbonyl (C=O) groups is 1. The van der Waals surface area contributed by atoms with Gasteiger partial charge in [0.2, 0.25) is 0 Å². The van der Waals surface area contributed by atoms with Gasteiger partial charge in [-0.15, -0.1) is 0 Å². The molecule has 0 atom stereocenters. The summed E-state index contributed by atoms with van der Waals surface area (Å²) in [6.07, 6.45) is 3.06. The number of aryl methyl sites for hydroxylation is 1. The fraction of sp³-hybridized carbons (Fsp3) is 0.111. The lowest BCUT2D eigenvalue weighted by Gasteiger charge is -2.03. The van der Waals surface area contributed by atoms with Crippen LogP contribution < -0.4 is 0 Å². The number of rotatable bonds is 4. The molecule has 3 rings (SSSR count). The summed E-state index contributed by atoms with van der Waals surface area (Å²) in [5, 5.41) is 1.06. The van der Waals surface area contributed by atoms with Crippen LogP contribution in [0.25, 0.3) is 10.9 Å². The van der Waals surface area contributed by atoms with Crippen LogP contribution in [-0.2, 0) is 6.42 Å². The van der Waals surface area contributed by atoms with Gasteiger partial charge in [0, 0.05) is 23.6 Å². The molecule has 3 aromatic rings. The molecule has 0 unspecified atom stereocenters. The number of aromatic nitrogens is 1. The molecule has 0 saturated carbocycles. The molecule has 0 amide bonds. The van der Waals surface area contributed by atoms with Gasteiger partial charge in [0.15, 0.2) is 5.78 Å². The number of hydrogen-bond acceptors (Lipinski definition) is 2. The van der Waals surface area contributed by atoms with Crippen molar-refractivity contribution in [2.45, 2.75) is 12.8 Å². The molecule has 2 heteroatoms. The van der Waals surface area contributed by atoms with Crippen molar-refractivity contribution in [1.29, 1.82) is 0 Å². The molecule has 0 bridgehead atoms. The maximum atomic E-state index is 12.2. The molecule has 98 valence electrons. The van der Waals surface area contributed by atoms with E-state index in [0.717, 1.165) is 22.9 Å². The third-order valence-electron chi connectivity index (χ3n) is 3.41. The number of Topliss-reactive ketones (excluding diaryl/α,β-unsaturated/α-hetero) is 1. The third-order valence-corrected chi connectivity index (χ3v) is 3.41. The Labute approximate surface area is 118 Å². The molecule has 0 aliphatic heterocycles. The molecular formula is C18H15NO. The Morgan fingerprint density at radius 2 is 1.80 bits per heavy atom. The van der Waals surface area contributed by atoms with Gasteiger partial charge < -0.3 is 0 Å². The first-order valence-corrected chi connectivity index (χ1v) is 6.75. The lowest BCUT2D eigenvalue weighted by Crippen LogP contribution is -2.01. The van der Waals surface area contributed by atoms with Crippen molar-refractivity contribution in [3.8, 4) is 0 Å². The van der Waals surface area contributed by atoms with E-state index in [2.05, 4.69) is 17.1 Å². The summed E-state index contributed by atoms with van der Waals surface area (Å²) in [5.41, 5.74) is 2.81. The molecule has 0 aliphatic rings. The van der Waals surface area contributed by atoms with Crippen molar-refractivity contribution >= 4 is 16.7 Å². The molecule has 0 aliphatic carbocycles. The van der Waals surface area contributed by atoms with Crippen molar-refractivity contribution in [2.75, 3.05) is 0 Å². The van der Waals surface area contributed by atoms with Gasteiger partial charge in [-0.05, 0) is 24.1 Å². The number of fused-ring (bicyclic) bond motifs is 1. The van der Waals surface area contributed by atoms with Crippen LogP contribution in [0.5, 0.6) is 0 Å². The van der Waals surface area contributed by atoms with Crippen LogP contribution in [0.1, 0.15) is 22.3 Å². The highest BCUT2D eigenvalue weighted by Gasteiger charge is 2.07. The zero-order valence-electron chi connectivity index (χ0n) is 11.1. The Hall–Kier alpha value is -2.48. The SMILES string of the molecule is O=C(CCc1ccccc1)c1ccc2cccnc2c1. The van der Waals surface area contributed by atoms with Crippen LogP contribution in [0, 0.1) is 0 Å². The van der Waals surface area contributed by atoms with Crippen LogP contribution in [-0.4, -0.2) is 10.8 Å². The average Bonchev–Trinajstić information content (AvgIpc) is 2.53. The molecule has 2 aromatic carbocycles. The van der Waals surface area contributed by atoms with E-state index in [-0.39, 0.29) is 5.78 Å². The first-order chi connectivity index (χ1) is 9.83. The second-order valence-electron chi connectivity index (χ2n) is 4.82. The summed E-state index contributed by atoms with van der Waals surface area (Å²) in [6.45, 7) is 0. The summed E-state index contributed by atoms with van der Waals surface area (Å²) in [6, 6.07) is 19.7. The largest absolute Gasteiger partial charge is 0.294 e. The minimum atomic E-state index is 0.168. The summed E-state index contributed by atoms with van der Waals surface area (Å²) >= 11 is 0. The van der Waals surface area contributed by atoms with E-state index >= 15 is 0 Å². The number of hydrogen-bond donors (Lipinski definition) is 0. The summed E-state index contributed by atoms with van der Waals surface area (Å²) < 4.78 is 0. The molecular weight excluding hydrogens is 246 g/mol. The Morgan fingerprint density at radius 3 is 2.65 bits per heavy atom. The van der Waals surface area contributed by atoms with E-state index in [1.165, 1.54) is 5.56 Å². The highest BCUT2D eigenvalue weighted by Crippen LogP contribution is 2.15. The Balaban J connectivity index is 1.75. The zero-order chi connectivity index (χ0) is 13.8. The van der Waals surface area contributed by atoms with Gasteiger partial charge in [0.25, 0.3) is 0 Å². The summed E-state index contributed by atoms with van der Waals surface area (Å²) in [7, 11) is 0. The predicted octanol–water partition coefficient (Wildman–Crippen LogP) is 4.05. The van der Waals surface area contributed by atoms with Gasteiger partial charge in [0.05, 0.1) is 5.52 Å². The first kappa shape index (κ1) is 12.5. The maximum absolute atomic E-state index is 12.2. The molecule has 1 aromatic heterocycles. The summed E-state index contributed by atoms with van der Waals surface area (Å²) in [4.78, 5) is 16.5. The molecule has 2 nitrogen and oxygen atoms in total. The number of pyridine rings is 1. The van der Waals surface area contributed by atoms with E-state index < -0.39 is 0 Å². The van der Waals surface area contributed by atoms with Gasteiger partial charge in [-0.25, -0.2) is 0 Å². The van der Waals surface area contributed by atoms with Crippen LogP contribution in [0.4, 0.5) is 0 Å². The smallest absolute Gasteiger partial charge is 0.163 e. The normalized spacial score (nSPS) is 10.6. The zero-order valence-corrected chi connectivity index (χ0v) is 11.1. The van der Waals surface area contributed by atoms with E-state index in [4.69, 9.17) is 0 Å². The minimum Gasteiger partial charge on any atom is -0.294 e. The quantitative estimate of drug-likeness (QED) is 0.663. The van der Waals surface area contributed by atoms with E-state index in [1.54, 1.807) is 6.20 Å². The van der Waals surface area contributed by atoms with E-state index in [1.807, 2.05) is 48.5 Å². The summed E-state index contributed by atoms with van der Waals surface area (Å²) in [5.74, 6) is 0.168. The van der Waals surface area contributed by atoms with Gasteiger partial charge in [-0.1, -0.05) is 48.5 Å². The highest BCUT2D eigenvalue weighted by atomic mass is 16.1. The first-order valence-electron chi connectivity index (χ1n) is 6.75. The highest BCUT2D eigenvalue weighted by molar-refractivity contribution is 5.99. The average molecular weight is 261 g/mol. The topological polar surface area (TPSA) is 30.0 Å². The second-order valence-corrected chi connectivity index (χ2v) is 4.82. The molecule has 0 spiro atoms.